The van der Waals surface area contributed by atoms with E-state index in [1.807, 2.05) is 32.0 Å². The molecule has 1 heterocycles. The van der Waals surface area contributed by atoms with Crippen LogP contribution in [-0.2, 0) is 5.54 Å². The summed E-state index contributed by atoms with van der Waals surface area (Å²) in [4.78, 5) is 0. The van der Waals surface area contributed by atoms with E-state index in [2.05, 4.69) is 0 Å². The fraction of sp³-hybridized carbons (Fsp3) is 0.333. The molecule has 0 atom stereocenters. The highest BCUT2D eigenvalue weighted by atomic mass is 16.5. The van der Waals surface area contributed by atoms with E-state index < -0.39 is 0 Å². The molecule has 0 aliphatic carbocycles. The van der Waals surface area contributed by atoms with Crippen molar-refractivity contribution in [2.75, 3.05) is 7.11 Å². The largest absolute Gasteiger partial charge is 0.497 e. The van der Waals surface area contributed by atoms with E-state index in [1.165, 1.54) is 0 Å². The smallest absolute Gasteiger partial charge is 0.137 e. The van der Waals surface area contributed by atoms with Crippen LogP contribution in [0.2, 0.25) is 0 Å². The molecule has 2 rings (SSSR count). The molecule has 3 heteroatoms. The van der Waals surface area contributed by atoms with Gasteiger partial charge in [0, 0.05) is 22.6 Å². The Balaban J connectivity index is 2.62. The number of furan rings is 1. The van der Waals surface area contributed by atoms with Crippen molar-refractivity contribution in [2.45, 2.75) is 19.4 Å². The summed E-state index contributed by atoms with van der Waals surface area (Å²) in [6.07, 6.45) is 1.71. The van der Waals surface area contributed by atoms with Gasteiger partial charge in [-0.2, -0.15) is 0 Å². The number of ether oxygens (including phenoxy) is 1. The lowest BCUT2D eigenvalue weighted by Gasteiger charge is -2.16. The number of rotatable bonds is 2. The van der Waals surface area contributed by atoms with Crippen molar-refractivity contribution < 1.29 is 9.15 Å². The van der Waals surface area contributed by atoms with Crippen molar-refractivity contribution in [3.05, 3.63) is 30.0 Å². The Morgan fingerprint density at radius 1 is 1.33 bits per heavy atom. The minimum absolute atomic E-state index is 0.389. The van der Waals surface area contributed by atoms with Gasteiger partial charge in [0.2, 0.25) is 0 Å². The predicted octanol–water partition coefficient (Wildman–Crippen LogP) is 2.64. The molecule has 0 aliphatic heterocycles. The van der Waals surface area contributed by atoms with Gasteiger partial charge < -0.3 is 14.9 Å². The monoisotopic (exact) mass is 205 g/mol. The second-order valence-electron chi connectivity index (χ2n) is 4.23. The minimum Gasteiger partial charge on any atom is -0.497 e. The normalized spacial score (nSPS) is 12.0. The summed E-state index contributed by atoms with van der Waals surface area (Å²) in [6, 6.07) is 5.75. The molecule has 2 N–H and O–H groups in total. The first-order valence-electron chi connectivity index (χ1n) is 4.87. The van der Waals surface area contributed by atoms with Gasteiger partial charge in [0.25, 0.3) is 0 Å². The van der Waals surface area contributed by atoms with Gasteiger partial charge in [0.05, 0.1) is 13.4 Å². The van der Waals surface area contributed by atoms with Gasteiger partial charge in [0.15, 0.2) is 0 Å². The van der Waals surface area contributed by atoms with E-state index in [1.54, 1.807) is 13.4 Å². The van der Waals surface area contributed by atoms with E-state index in [0.29, 0.717) is 0 Å². The Kier molecular flexibility index (Phi) is 2.20. The maximum absolute atomic E-state index is 6.05. The zero-order chi connectivity index (χ0) is 11.1. The fourth-order valence-electron chi connectivity index (χ4n) is 1.63. The number of methoxy groups -OCH3 is 1. The minimum atomic E-state index is -0.389. The number of hydrogen-bond acceptors (Lipinski definition) is 3. The van der Waals surface area contributed by atoms with Gasteiger partial charge in [-0.15, -0.1) is 0 Å². The SMILES string of the molecule is COc1ccc2c(C(C)(C)N)coc2c1. The highest BCUT2D eigenvalue weighted by molar-refractivity contribution is 5.83. The quantitative estimate of drug-likeness (QED) is 0.819. The maximum atomic E-state index is 6.05. The first-order valence-corrected chi connectivity index (χ1v) is 4.87. The molecule has 1 aromatic carbocycles. The topological polar surface area (TPSA) is 48.4 Å². The summed E-state index contributed by atoms with van der Waals surface area (Å²) in [5.41, 5.74) is 7.48. The van der Waals surface area contributed by atoms with E-state index in [4.69, 9.17) is 14.9 Å². The third-order valence-electron chi connectivity index (χ3n) is 2.48. The van der Waals surface area contributed by atoms with Gasteiger partial charge in [-0.3, -0.25) is 0 Å². The molecular weight excluding hydrogens is 190 g/mol. The Morgan fingerprint density at radius 2 is 2.07 bits per heavy atom. The fourth-order valence-corrected chi connectivity index (χ4v) is 1.63. The number of fused-ring (bicyclic) bond motifs is 1. The zero-order valence-electron chi connectivity index (χ0n) is 9.20. The lowest BCUT2D eigenvalue weighted by molar-refractivity contribution is 0.414. The van der Waals surface area contributed by atoms with Crippen LogP contribution < -0.4 is 10.5 Å². The molecule has 1 aromatic heterocycles. The summed E-state index contributed by atoms with van der Waals surface area (Å²) in [5, 5.41) is 1.04. The molecule has 0 bridgehead atoms. The average Bonchev–Trinajstić information content (AvgIpc) is 2.59. The summed E-state index contributed by atoms with van der Waals surface area (Å²) in [5.74, 6) is 0.790. The summed E-state index contributed by atoms with van der Waals surface area (Å²) >= 11 is 0. The number of hydrogen-bond donors (Lipinski definition) is 1. The predicted molar refractivity (Wildman–Crippen MR) is 60.0 cm³/mol. The first kappa shape index (κ1) is 10.1. The summed E-state index contributed by atoms with van der Waals surface area (Å²) < 4.78 is 10.6. The number of benzene rings is 1. The highest BCUT2D eigenvalue weighted by Gasteiger charge is 2.19. The van der Waals surface area contributed by atoms with E-state index >= 15 is 0 Å². The first-order chi connectivity index (χ1) is 7.02. The highest BCUT2D eigenvalue weighted by Crippen LogP contribution is 2.30. The summed E-state index contributed by atoms with van der Waals surface area (Å²) in [7, 11) is 1.64. The van der Waals surface area contributed by atoms with Crippen LogP contribution in [0.15, 0.2) is 28.9 Å². The zero-order valence-corrected chi connectivity index (χ0v) is 9.20. The molecule has 0 amide bonds. The maximum Gasteiger partial charge on any atom is 0.137 e. The molecular formula is C12H15NO2. The standard InChI is InChI=1S/C12H15NO2/c1-12(2,13)10-7-15-11-6-8(14-3)4-5-9(10)11/h4-7H,13H2,1-3H3. The van der Waals surface area contributed by atoms with E-state index in [-0.39, 0.29) is 5.54 Å². The Morgan fingerprint density at radius 3 is 2.67 bits per heavy atom. The molecule has 0 spiro atoms. The lowest BCUT2D eigenvalue weighted by atomic mass is 9.95. The molecule has 15 heavy (non-hydrogen) atoms. The molecule has 2 aromatic rings. The third-order valence-corrected chi connectivity index (χ3v) is 2.48. The van der Waals surface area contributed by atoms with Gasteiger partial charge >= 0.3 is 0 Å². The molecule has 80 valence electrons. The van der Waals surface area contributed by atoms with Crippen LogP contribution in [0.4, 0.5) is 0 Å². The molecule has 0 saturated heterocycles. The van der Waals surface area contributed by atoms with Crippen molar-refractivity contribution in [3.8, 4) is 5.75 Å². The van der Waals surface area contributed by atoms with Crippen molar-refractivity contribution >= 4 is 11.0 Å². The molecule has 0 fully saturated rings. The van der Waals surface area contributed by atoms with Gasteiger partial charge in [0.1, 0.15) is 11.3 Å². The van der Waals surface area contributed by atoms with Crippen LogP contribution >= 0.6 is 0 Å². The van der Waals surface area contributed by atoms with E-state index in [0.717, 1.165) is 22.3 Å². The average molecular weight is 205 g/mol. The van der Waals surface area contributed by atoms with Crippen molar-refractivity contribution in [1.29, 1.82) is 0 Å². The third kappa shape index (κ3) is 1.70. The van der Waals surface area contributed by atoms with E-state index in [9.17, 15) is 0 Å². The Hall–Kier alpha value is -1.48. The Bertz CT molecular complexity index is 480. The van der Waals surface area contributed by atoms with Crippen molar-refractivity contribution in [3.63, 3.8) is 0 Å². The van der Waals surface area contributed by atoms with Crippen LogP contribution in [0.3, 0.4) is 0 Å². The second kappa shape index (κ2) is 3.28. The van der Waals surface area contributed by atoms with Crippen LogP contribution in [0.5, 0.6) is 5.75 Å². The van der Waals surface area contributed by atoms with Crippen molar-refractivity contribution in [1.82, 2.24) is 0 Å². The van der Waals surface area contributed by atoms with Crippen LogP contribution in [0.1, 0.15) is 19.4 Å². The van der Waals surface area contributed by atoms with Gasteiger partial charge in [-0.25, -0.2) is 0 Å². The molecule has 0 radical (unpaired) electrons. The van der Waals surface area contributed by atoms with Gasteiger partial charge in [-0.1, -0.05) is 0 Å². The summed E-state index contributed by atoms with van der Waals surface area (Å²) in [6.45, 7) is 3.92. The second-order valence-corrected chi connectivity index (χ2v) is 4.23. The Labute approximate surface area is 88.8 Å². The lowest BCUT2D eigenvalue weighted by Crippen LogP contribution is -2.28. The van der Waals surface area contributed by atoms with Gasteiger partial charge in [-0.05, 0) is 26.0 Å². The molecule has 0 unspecified atom stereocenters. The number of nitrogens with two attached hydrogens (primary N) is 1. The van der Waals surface area contributed by atoms with Crippen LogP contribution in [0.25, 0.3) is 11.0 Å². The van der Waals surface area contributed by atoms with Crippen LogP contribution in [-0.4, -0.2) is 7.11 Å². The molecule has 3 nitrogen and oxygen atoms in total. The molecule has 0 saturated carbocycles. The van der Waals surface area contributed by atoms with Crippen molar-refractivity contribution in [2.24, 2.45) is 5.73 Å². The van der Waals surface area contributed by atoms with Crippen LogP contribution in [0, 0.1) is 0 Å². The molecule has 0 aliphatic rings.